The highest BCUT2D eigenvalue weighted by molar-refractivity contribution is 6.46. The minimum Gasteiger partial charge on any atom is -0.507 e. The number of likely N-dealkylation sites (tertiary alicyclic amines) is 1. The molecule has 2 aromatic rings. The van der Waals surface area contributed by atoms with E-state index in [0.717, 1.165) is 6.54 Å². The van der Waals surface area contributed by atoms with Crippen molar-refractivity contribution in [2.24, 2.45) is 0 Å². The smallest absolute Gasteiger partial charge is 0.295 e. The summed E-state index contributed by atoms with van der Waals surface area (Å²) in [6, 6.07) is 13.0. The molecule has 30 heavy (non-hydrogen) atoms. The van der Waals surface area contributed by atoms with Crippen LogP contribution in [0.1, 0.15) is 23.6 Å². The molecule has 1 aliphatic heterocycles. The Morgan fingerprint density at radius 3 is 2.57 bits per heavy atom. The van der Waals surface area contributed by atoms with Gasteiger partial charge in [-0.3, -0.25) is 9.59 Å². The Hall–Kier alpha value is -2.83. The Morgan fingerprint density at radius 2 is 1.90 bits per heavy atom. The van der Waals surface area contributed by atoms with Crippen molar-refractivity contribution in [1.29, 1.82) is 0 Å². The van der Waals surface area contributed by atoms with Gasteiger partial charge < -0.3 is 19.6 Å². The van der Waals surface area contributed by atoms with Crippen LogP contribution in [0.25, 0.3) is 5.76 Å². The molecule has 1 N–H and O–H groups in total. The van der Waals surface area contributed by atoms with Crippen LogP contribution < -0.4 is 4.74 Å². The van der Waals surface area contributed by atoms with Crippen molar-refractivity contribution in [2.45, 2.75) is 12.5 Å². The first kappa shape index (κ1) is 21.9. The number of ketones is 1. The van der Waals surface area contributed by atoms with E-state index in [2.05, 4.69) is 0 Å². The van der Waals surface area contributed by atoms with Crippen molar-refractivity contribution in [3.63, 3.8) is 0 Å². The third-order valence-corrected chi connectivity index (χ3v) is 5.31. The van der Waals surface area contributed by atoms with E-state index < -0.39 is 17.7 Å². The van der Waals surface area contributed by atoms with Gasteiger partial charge in [-0.05, 0) is 45.3 Å². The van der Waals surface area contributed by atoms with E-state index in [1.807, 2.05) is 31.1 Å². The van der Waals surface area contributed by atoms with Gasteiger partial charge in [0.25, 0.3) is 11.7 Å². The van der Waals surface area contributed by atoms with Gasteiger partial charge in [0.05, 0.1) is 18.7 Å². The second-order valence-electron chi connectivity index (χ2n) is 7.40. The van der Waals surface area contributed by atoms with Crippen LogP contribution in [-0.4, -0.2) is 60.9 Å². The second-order valence-corrected chi connectivity index (χ2v) is 7.84. The van der Waals surface area contributed by atoms with E-state index in [1.54, 1.807) is 36.4 Å². The van der Waals surface area contributed by atoms with Crippen LogP contribution in [0.4, 0.5) is 0 Å². The van der Waals surface area contributed by atoms with E-state index in [-0.39, 0.29) is 11.3 Å². The number of amides is 1. The van der Waals surface area contributed by atoms with E-state index in [9.17, 15) is 14.7 Å². The van der Waals surface area contributed by atoms with Crippen molar-refractivity contribution in [3.05, 3.63) is 70.3 Å². The average Bonchev–Trinajstić information content (AvgIpc) is 2.97. The first-order valence-electron chi connectivity index (χ1n) is 9.67. The molecule has 6 nitrogen and oxygen atoms in total. The maximum atomic E-state index is 13.0. The molecule has 1 atom stereocenters. The fourth-order valence-corrected chi connectivity index (χ4v) is 3.87. The third kappa shape index (κ3) is 4.35. The quantitative estimate of drug-likeness (QED) is 0.413. The summed E-state index contributed by atoms with van der Waals surface area (Å²) in [6.45, 7) is 1.13. The highest BCUT2D eigenvalue weighted by atomic mass is 35.5. The van der Waals surface area contributed by atoms with Gasteiger partial charge >= 0.3 is 0 Å². The van der Waals surface area contributed by atoms with Crippen LogP contribution >= 0.6 is 11.6 Å². The minimum atomic E-state index is -0.748. The van der Waals surface area contributed by atoms with Crippen molar-refractivity contribution < 1.29 is 19.4 Å². The Labute approximate surface area is 181 Å². The summed E-state index contributed by atoms with van der Waals surface area (Å²) >= 11 is 6.07. The molecule has 0 aliphatic carbocycles. The molecule has 3 rings (SSSR count). The number of ether oxygens (including phenoxy) is 1. The molecule has 158 valence electrons. The fraction of sp³-hybridized carbons (Fsp3) is 0.304. The maximum absolute atomic E-state index is 13.0. The lowest BCUT2D eigenvalue weighted by Gasteiger charge is -2.27. The Bertz CT molecular complexity index is 987. The predicted molar refractivity (Wildman–Crippen MR) is 117 cm³/mol. The summed E-state index contributed by atoms with van der Waals surface area (Å²) in [6.07, 6.45) is 0.683. The van der Waals surface area contributed by atoms with Crippen LogP contribution in [0.5, 0.6) is 5.75 Å². The molecule has 0 bridgehead atoms. The Kier molecular flexibility index (Phi) is 6.80. The molecule has 0 spiro atoms. The van der Waals surface area contributed by atoms with E-state index in [0.29, 0.717) is 34.9 Å². The molecule has 1 saturated heterocycles. The topological polar surface area (TPSA) is 70.1 Å². The molecule has 0 aromatic heterocycles. The molecule has 1 fully saturated rings. The second kappa shape index (κ2) is 9.32. The number of carbonyl (C=O) groups is 2. The van der Waals surface area contributed by atoms with Crippen molar-refractivity contribution >= 4 is 29.1 Å². The molecule has 2 aromatic carbocycles. The highest BCUT2D eigenvalue weighted by Crippen LogP contribution is 2.42. The number of carbonyl (C=O) groups excluding carboxylic acids is 2. The van der Waals surface area contributed by atoms with Crippen LogP contribution in [0.3, 0.4) is 0 Å². The Balaban J connectivity index is 2.15. The van der Waals surface area contributed by atoms with Gasteiger partial charge in [-0.2, -0.15) is 0 Å². The van der Waals surface area contributed by atoms with Crippen LogP contribution in [0.15, 0.2) is 54.1 Å². The number of aliphatic hydroxyl groups excluding tert-OH is 1. The maximum Gasteiger partial charge on any atom is 0.295 e. The number of rotatable bonds is 7. The first-order chi connectivity index (χ1) is 14.3. The minimum absolute atomic E-state index is 0.0385. The number of Topliss-reactive ketones (excluding diaryl/α,β-unsaturated/α-hetero) is 1. The van der Waals surface area contributed by atoms with Gasteiger partial charge in [0.1, 0.15) is 11.5 Å². The van der Waals surface area contributed by atoms with Crippen LogP contribution in [-0.2, 0) is 9.59 Å². The normalized spacial score (nSPS) is 18.3. The van der Waals surface area contributed by atoms with Gasteiger partial charge in [0.2, 0.25) is 0 Å². The number of para-hydroxylation sites is 1. The fourth-order valence-electron chi connectivity index (χ4n) is 3.67. The lowest BCUT2D eigenvalue weighted by atomic mass is 9.94. The zero-order valence-electron chi connectivity index (χ0n) is 17.3. The van der Waals surface area contributed by atoms with E-state index >= 15 is 0 Å². The van der Waals surface area contributed by atoms with Gasteiger partial charge in [-0.15, -0.1) is 0 Å². The van der Waals surface area contributed by atoms with Gasteiger partial charge in [-0.25, -0.2) is 0 Å². The first-order valence-corrected chi connectivity index (χ1v) is 10.0. The summed E-state index contributed by atoms with van der Waals surface area (Å²) in [4.78, 5) is 29.5. The molecule has 1 unspecified atom stereocenters. The van der Waals surface area contributed by atoms with Gasteiger partial charge in [0, 0.05) is 22.7 Å². The number of methoxy groups -OCH3 is 1. The molecule has 1 amide bonds. The predicted octanol–water partition coefficient (Wildman–Crippen LogP) is 3.72. The molecular weight excluding hydrogens is 404 g/mol. The zero-order chi connectivity index (χ0) is 21.8. The lowest BCUT2D eigenvalue weighted by Crippen LogP contribution is -2.32. The van der Waals surface area contributed by atoms with Gasteiger partial charge in [-0.1, -0.05) is 41.9 Å². The zero-order valence-corrected chi connectivity index (χ0v) is 18.0. The van der Waals surface area contributed by atoms with E-state index in [4.69, 9.17) is 16.3 Å². The average molecular weight is 429 g/mol. The van der Waals surface area contributed by atoms with Crippen LogP contribution in [0, 0.1) is 0 Å². The molecule has 7 heteroatoms. The number of hydrogen-bond acceptors (Lipinski definition) is 5. The monoisotopic (exact) mass is 428 g/mol. The Morgan fingerprint density at radius 1 is 1.17 bits per heavy atom. The van der Waals surface area contributed by atoms with Crippen molar-refractivity contribution in [3.8, 4) is 5.75 Å². The summed E-state index contributed by atoms with van der Waals surface area (Å²) < 4.78 is 5.49. The number of hydrogen-bond donors (Lipinski definition) is 1. The number of halogens is 1. The van der Waals surface area contributed by atoms with Crippen molar-refractivity contribution in [1.82, 2.24) is 9.80 Å². The highest BCUT2D eigenvalue weighted by Gasteiger charge is 2.46. The summed E-state index contributed by atoms with van der Waals surface area (Å²) in [5.74, 6) is -1.05. The summed E-state index contributed by atoms with van der Waals surface area (Å²) in [5, 5.41) is 11.5. The summed E-state index contributed by atoms with van der Waals surface area (Å²) in [7, 11) is 5.43. The van der Waals surface area contributed by atoms with Gasteiger partial charge in [0.15, 0.2) is 0 Å². The summed E-state index contributed by atoms with van der Waals surface area (Å²) in [5.41, 5.74) is 1.07. The molecule has 0 radical (unpaired) electrons. The molecule has 0 saturated carbocycles. The van der Waals surface area contributed by atoms with Crippen LogP contribution in [0.2, 0.25) is 5.02 Å². The standard InChI is InChI=1S/C23H25ClN2O4/c1-25(2)12-7-13-26-20(17-10-4-5-11-18(17)30-3)19(22(28)23(26)29)21(27)15-8-6-9-16(24)14-15/h4-6,8-11,14,20,27H,7,12-13H2,1-3H3/b21-19-. The lowest BCUT2D eigenvalue weighted by molar-refractivity contribution is -0.140. The molecular formula is C23H25ClN2O4. The number of benzene rings is 2. The largest absolute Gasteiger partial charge is 0.507 e. The van der Waals surface area contributed by atoms with Crippen molar-refractivity contribution in [2.75, 3.05) is 34.3 Å². The molecule has 1 aliphatic rings. The van der Waals surface area contributed by atoms with E-state index in [1.165, 1.54) is 12.0 Å². The number of nitrogens with zero attached hydrogens (tertiary/aromatic N) is 2. The number of aliphatic hydroxyl groups is 1. The molecule has 1 heterocycles. The third-order valence-electron chi connectivity index (χ3n) is 5.08. The SMILES string of the molecule is COc1ccccc1C1/C(=C(/O)c2cccc(Cl)c2)C(=O)C(=O)N1CCCN(C)C.